The molecule has 1 saturated heterocycles. The van der Waals surface area contributed by atoms with E-state index in [1.165, 1.54) is 24.4 Å². The first-order valence-electron chi connectivity index (χ1n) is 15.6. The molecular weight excluding hydrogens is 748 g/mol. The number of nitrogens with one attached hydrogen (secondary N) is 2. The monoisotopic (exact) mass is 773 g/mol. The van der Waals surface area contributed by atoms with Gasteiger partial charge in [-0.15, -0.1) is 11.3 Å². The molecule has 4 saturated carbocycles. The Labute approximate surface area is 290 Å². The van der Waals surface area contributed by atoms with Crippen LogP contribution < -0.4 is 10.0 Å². The SMILES string of the molecule is O=S1(=O)CC2(CC(Nc3nccc(-c4sc(C56CC(C(F)F)(C5)C6)nc4-c4cccc(NS(=O)(=O)c5c(F)cccc5C(F)(F)F)c4F)n3)C2)C1. The van der Waals surface area contributed by atoms with Crippen LogP contribution in [0, 0.1) is 22.5 Å². The lowest BCUT2D eigenvalue weighted by Gasteiger charge is -2.69. The summed E-state index contributed by atoms with van der Waals surface area (Å²) < 4.78 is 151. The van der Waals surface area contributed by atoms with Gasteiger partial charge in [-0.3, -0.25) is 4.72 Å². The van der Waals surface area contributed by atoms with E-state index in [-0.39, 0.29) is 65.1 Å². The number of anilines is 2. The molecule has 51 heavy (non-hydrogen) atoms. The number of hydrogen-bond acceptors (Lipinski definition) is 9. The van der Waals surface area contributed by atoms with Gasteiger partial charge < -0.3 is 5.32 Å². The summed E-state index contributed by atoms with van der Waals surface area (Å²) in [7, 11) is -8.34. The summed E-state index contributed by atoms with van der Waals surface area (Å²) in [6.07, 6.45) is -4.59. The third-order valence-corrected chi connectivity index (χ3v) is 15.2. The summed E-state index contributed by atoms with van der Waals surface area (Å²) in [5, 5.41) is 3.63. The minimum Gasteiger partial charge on any atom is -0.351 e. The van der Waals surface area contributed by atoms with Crippen molar-refractivity contribution in [3.63, 3.8) is 0 Å². The van der Waals surface area contributed by atoms with Gasteiger partial charge in [-0.05, 0) is 62.4 Å². The third kappa shape index (κ3) is 5.57. The van der Waals surface area contributed by atoms with Gasteiger partial charge in [0.05, 0.1) is 39.0 Å². The molecule has 4 aromatic rings. The Morgan fingerprint density at radius 1 is 0.961 bits per heavy atom. The molecule has 1 spiro atoms. The third-order valence-electron chi connectivity index (χ3n) is 10.3. The molecule has 0 radical (unpaired) electrons. The van der Waals surface area contributed by atoms with E-state index in [9.17, 15) is 43.2 Å². The summed E-state index contributed by atoms with van der Waals surface area (Å²) in [5.74, 6) is -2.46. The largest absolute Gasteiger partial charge is 0.417 e. The van der Waals surface area contributed by atoms with Gasteiger partial charge in [0.1, 0.15) is 15.7 Å². The highest BCUT2D eigenvalue weighted by molar-refractivity contribution is 7.93. The minimum atomic E-state index is -5.33. The number of alkyl halides is 5. The zero-order chi connectivity index (χ0) is 36.4. The number of nitrogens with zero attached hydrogens (tertiary/aromatic N) is 3. The van der Waals surface area contributed by atoms with E-state index in [0.29, 0.717) is 40.9 Å². The van der Waals surface area contributed by atoms with E-state index >= 15 is 4.39 Å². The van der Waals surface area contributed by atoms with Crippen molar-refractivity contribution in [2.45, 2.75) is 61.1 Å². The molecule has 0 unspecified atom stereocenters. The van der Waals surface area contributed by atoms with Crippen LogP contribution in [0.1, 0.15) is 42.7 Å². The van der Waals surface area contributed by atoms with E-state index in [4.69, 9.17) is 0 Å². The highest BCUT2D eigenvalue weighted by Gasteiger charge is 2.73. The number of halogens is 7. The molecule has 19 heteroatoms. The molecule has 2 aromatic heterocycles. The topological polar surface area (TPSA) is 131 Å². The number of rotatable bonds is 9. The Morgan fingerprint density at radius 3 is 2.29 bits per heavy atom. The molecule has 9 rings (SSSR count). The lowest BCUT2D eigenvalue weighted by molar-refractivity contribution is -0.221. The average Bonchev–Trinajstić information content (AvgIpc) is 3.39. The second-order valence-corrected chi connectivity index (χ2v) is 18.8. The van der Waals surface area contributed by atoms with E-state index in [2.05, 4.69) is 20.3 Å². The second kappa shape index (κ2) is 11.1. The normalized spacial score (nSPS) is 24.7. The summed E-state index contributed by atoms with van der Waals surface area (Å²) in [5.41, 5.74) is -4.60. The maximum atomic E-state index is 16.3. The van der Waals surface area contributed by atoms with Crippen LogP contribution in [0.15, 0.2) is 53.6 Å². The maximum Gasteiger partial charge on any atom is 0.417 e. The standard InChI is InChI=1S/C32H26F7N5O4S3/c33-19-5-2-4-18(32(37,38)39)25(19)51(47,48)44-20-6-1-3-17(22(20)34)23-24(49-27(43-23)31-11-30(12-31,13-31)26(35)36)21-7-8-40-28(42-21)41-16-9-29(10-16)14-50(45,46)15-29/h1-8,16,26,44H,9-15H2,(H,40,41,42). The predicted octanol–water partition coefficient (Wildman–Crippen LogP) is 7.04. The second-order valence-electron chi connectivity index (χ2n) is 14.1. The van der Waals surface area contributed by atoms with Gasteiger partial charge >= 0.3 is 6.18 Å². The molecule has 270 valence electrons. The van der Waals surface area contributed by atoms with Gasteiger partial charge in [-0.2, -0.15) is 13.2 Å². The molecule has 2 N–H and O–H groups in total. The van der Waals surface area contributed by atoms with E-state index in [1.807, 2.05) is 0 Å². The average molecular weight is 774 g/mol. The Balaban J connectivity index is 1.14. The van der Waals surface area contributed by atoms with Crippen molar-refractivity contribution in [3.8, 4) is 21.8 Å². The Bertz CT molecular complexity index is 2290. The fourth-order valence-electron chi connectivity index (χ4n) is 8.17. The summed E-state index contributed by atoms with van der Waals surface area (Å²) in [6, 6.07) is 6.52. The van der Waals surface area contributed by atoms with Gasteiger partial charge in [0, 0.05) is 34.0 Å². The first kappa shape index (κ1) is 34.3. The Morgan fingerprint density at radius 2 is 1.65 bits per heavy atom. The van der Waals surface area contributed by atoms with Gasteiger partial charge in [-0.1, -0.05) is 12.1 Å². The van der Waals surface area contributed by atoms with Crippen LogP contribution in [-0.2, 0) is 31.5 Å². The summed E-state index contributed by atoms with van der Waals surface area (Å²) >= 11 is 1.11. The van der Waals surface area contributed by atoms with Crippen molar-refractivity contribution in [2.24, 2.45) is 10.8 Å². The highest BCUT2D eigenvalue weighted by atomic mass is 32.2. The van der Waals surface area contributed by atoms with Crippen molar-refractivity contribution in [3.05, 3.63) is 70.9 Å². The van der Waals surface area contributed by atoms with Crippen LogP contribution in [0.25, 0.3) is 21.8 Å². The smallest absolute Gasteiger partial charge is 0.351 e. The lowest BCUT2D eigenvalue weighted by atomic mass is 9.35. The first-order valence-corrected chi connectivity index (χ1v) is 19.7. The Hall–Kier alpha value is -3.84. The predicted molar refractivity (Wildman–Crippen MR) is 172 cm³/mol. The van der Waals surface area contributed by atoms with Crippen molar-refractivity contribution in [1.29, 1.82) is 0 Å². The fourth-order valence-corrected chi connectivity index (χ4v) is 13.0. The number of sulfonamides is 1. The van der Waals surface area contributed by atoms with Crippen LogP contribution in [0.2, 0.25) is 0 Å². The lowest BCUT2D eigenvalue weighted by Crippen LogP contribution is -2.67. The molecule has 1 aliphatic heterocycles. The highest BCUT2D eigenvalue weighted by Crippen LogP contribution is 2.76. The van der Waals surface area contributed by atoms with E-state index < -0.39 is 71.1 Å². The van der Waals surface area contributed by atoms with Crippen LogP contribution in [-0.4, -0.2) is 55.8 Å². The van der Waals surface area contributed by atoms with Crippen molar-refractivity contribution in [1.82, 2.24) is 15.0 Å². The molecule has 9 nitrogen and oxygen atoms in total. The number of aromatic nitrogens is 3. The van der Waals surface area contributed by atoms with Crippen molar-refractivity contribution >= 4 is 42.8 Å². The van der Waals surface area contributed by atoms with E-state index in [0.717, 1.165) is 17.4 Å². The number of benzene rings is 2. The Kier molecular flexibility index (Phi) is 7.45. The first-order chi connectivity index (χ1) is 23.8. The molecule has 0 amide bonds. The summed E-state index contributed by atoms with van der Waals surface area (Å²) in [4.78, 5) is 12.1. The molecule has 4 aliphatic carbocycles. The molecule has 2 bridgehead atoms. The van der Waals surface area contributed by atoms with Crippen molar-refractivity contribution < 1.29 is 47.6 Å². The molecule has 5 aliphatic rings. The zero-order valence-corrected chi connectivity index (χ0v) is 28.5. The van der Waals surface area contributed by atoms with Crippen LogP contribution >= 0.6 is 11.3 Å². The number of sulfone groups is 1. The minimum absolute atomic E-state index is 0.0156. The fraction of sp³-hybridized carbons (Fsp3) is 0.406. The van der Waals surface area contributed by atoms with Crippen molar-refractivity contribution in [2.75, 3.05) is 21.5 Å². The van der Waals surface area contributed by atoms with Crippen LogP contribution in [0.3, 0.4) is 0 Å². The molecular formula is C32H26F7N5O4S3. The maximum absolute atomic E-state index is 16.3. The van der Waals surface area contributed by atoms with Gasteiger partial charge in [0.25, 0.3) is 10.0 Å². The zero-order valence-electron chi connectivity index (χ0n) is 26.1. The quantitative estimate of drug-likeness (QED) is 0.173. The molecule has 5 fully saturated rings. The molecule has 2 aromatic carbocycles. The number of hydrogen-bond donors (Lipinski definition) is 2. The van der Waals surface area contributed by atoms with E-state index in [1.54, 1.807) is 4.72 Å². The van der Waals surface area contributed by atoms with Gasteiger partial charge in [-0.25, -0.2) is 49.3 Å². The summed E-state index contributed by atoms with van der Waals surface area (Å²) in [6.45, 7) is 0. The van der Waals surface area contributed by atoms with Gasteiger partial charge in [0.15, 0.2) is 15.7 Å². The van der Waals surface area contributed by atoms with Crippen LogP contribution in [0.5, 0.6) is 0 Å². The molecule has 0 atom stereocenters. The number of thiazole rings is 1. The molecule has 3 heterocycles. The van der Waals surface area contributed by atoms with Gasteiger partial charge in [0.2, 0.25) is 12.4 Å². The van der Waals surface area contributed by atoms with Crippen LogP contribution in [0.4, 0.5) is 42.4 Å².